The van der Waals surface area contributed by atoms with Crippen molar-refractivity contribution in [3.8, 4) is 0 Å². The van der Waals surface area contributed by atoms with Crippen molar-refractivity contribution in [1.29, 1.82) is 0 Å². The van der Waals surface area contributed by atoms with Crippen molar-refractivity contribution in [3.05, 3.63) is 17.0 Å². The Bertz CT molecular complexity index is 430. The molecular weight excluding hydrogens is 265 g/mol. The number of nitrogens with zero attached hydrogens (tertiary/aromatic N) is 1. The summed E-state index contributed by atoms with van der Waals surface area (Å²) >= 11 is 0. The number of aromatic nitrogens is 1. The smallest absolute Gasteiger partial charge is 0.273 e. The van der Waals surface area contributed by atoms with Gasteiger partial charge in [-0.15, -0.1) is 0 Å². The third-order valence-corrected chi connectivity index (χ3v) is 4.17. The van der Waals surface area contributed by atoms with Gasteiger partial charge in [0.25, 0.3) is 5.91 Å². The second-order valence-corrected chi connectivity index (χ2v) is 5.09. The molecule has 1 amide bonds. The molecule has 0 bridgehead atoms. The summed E-state index contributed by atoms with van der Waals surface area (Å²) in [4.78, 5) is 11.9. The fourth-order valence-electron chi connectivity index (χ4n) is 1.62. The van der Waals surface area contributed by atoms with Crippen molar-refractivity contribution >= 4 is 15.3 Å². The molecule has 0 aliphatic rings. The monoisotopic (exact) mass is 287 g/mol. The third-order valence-electron chi connectivity index (χ3n) is 3.47. The van der Waals surface area contributed by atoms with Gasteiger partial charge in [0, 0.05) is 17.6 Å². The highest BCUT2D eigenvalue weighted by molar-refractivity contribution is 7.13. The molecule has 3 N–H and O–H groups in total. The van der Waals surface area contributed by atoms with Crippen LogP contribution in [0.5, 0.6) is 0 Å². The Morgan fingerprint density at radius 2 is 2.26 bits per heavy atom. The van der Waals surface area contributed by atoms with E-state index in [0.717, 1.165) is 12.8 Å². The van der Waals surface area contributed by atoms with Crippen molar-refractivity contribution in [2.24, 2.45) is 0 Å². The van der Waals surface area contributed by atoms with Gasteiger partial charge in [-0.05, 0) is 26.7 Å². The van der Waals surface area contributed by atoms with Crippen molar-refractivity contribution in [1.82, 2.24) is 15.6 Å². The summed E-state index contributed by atoms with van der Waals surface area (Å²) in [5.41, 5.74) is 0.802. The summed E-state index contributed by atoms with van der Waals surface area (Å²) in [6.45, 7) is 6.19. The van der Waals surface area contributed by atoms with Crippen LogP contribution in [-0.2, 0) is 6.61 Å². The molecule has 0 saturated heterocycles. The van der Waals surface area contributed by atoms with E-state index in [1.165, 1.54) is 0 Å². The molecule has 7 heteroatoms. The van der Waals surface area contributed by atoms with E-state index in [1.54, 1.807) is 6.92 Å². The maximum Gasteiger partial charge on any atom is 0.273 e. The van der Waals surface area contributed by atoms with Crippen LogP contribution in [0.2, 0.25) is 0 Å². The van der Waals surface area contributed by atoms with Crippen LogP contribution >= 0.6 is 9.39 Å². The summed E-state index contributed by atoms with van der Waals surface area (Å²) in [5.74, 6) is 0.0540. The molecule has 0 saturated carbocycles. The molecule has 0 aliphatic carbocycles. The highest BCUT2D eigenvalue weighted by Crippen LogP contribution is 2.16. The van der Waals surface area contributed by atoms with Crippen LogP contribution in [0.25, 0.3) is 0 Å². The topological polar surface area (TPSA) is 87.4 Å². The fraction of sp³-hybridized carbons (Fsp3) is 0.667. The average Bonchev–Trinajstić information content (AvgIpc) is 2.79. The standard InChI is InChI=1S/C12H22N3O3P/c1-4-12(3,15-19)5-6-13-11(17)10-8(2)9(7-16)18-14-10/h15-16H,4-7,19H2,1-3H3,(H,13,17). The van der Waals surface area contributed by atoms with E-state index in [0.29, 0.717) is 17.9 Å². The number of aliphatic hydroxyl groups excluding tert-OH is 1. The predicted octanol–water partition coefficient (Wildman–Crippen LogP) is 1.14. The molecule has 108 valence electrons. The summed E-state index contributed by atoms with van der Waals surface area (Å²) < 4.78 is 4.88. The second-order valence-electron chi connectivity index (χ2n) is 4.80. The molecule has 2 atom stereocenters. The van der Waals surface area contributed by atoms with Gasteiger partial charge in [-0.25, -0.2) is 0 Å². The van der Waals surface area contributed by atoms with Gasteiger partial charge in [0.1, 0.15) is 6.61 Å². The largest absolute Gasteiger partial charge is 0.388 e. The number of nitrogens with one attached hydrogen (secondary N) is 2. The minimum atomic E-state index is -0.275. The van der Waals surface area contributed by atoms with Crippen molar-refractivity contribution < 1.29 is 14.4 Å². The van der Waals surface area contributed by atoms with Gasteiger partial charge < -0.3 is 14.9 Å². The molecule has 1 aromatic rings. The zero-order chi connectivity index (χ0) is 14.5. The van der Waals surface area contributed by atoms with Crippen LogP contribution in [0, 0.1) is 6.92 Å². The lowest BCUT2D eigenvalue weighted by molar-refractivity contribution is 0.0940. The number of carbonyl (C=O) groups is 1. The van der Waals surface area contributed by atoms with E-state index in [1.807, 2.05) is 0 Å². The second kappa shape index (κ2) is 6.98. The van der Waals surface area contributed by atoms with Gasteiger partial charge in [0.15, 0.2) is 11.5 Å². The molecule has 1 aromatic heterocycles. The lowest BCUT2D eigenvalue weighted by Gasteiger charge is -2.27. The van der Waals surface area contributed by atoms with Crippen molar-refractivity contribution in [3.63, 3.8) is 0 Å². The van der Waals surface area contributed by atoms with E-state index in [2.05, 4.69) is 38.8 Å². The van der Waals surface area contributed by atoms with Gasteiger partial charge in [-0.2, -0.15) is 0 Å². The molecule has 1 heterocycles. The summed E-state index contributed by atoms with van der Waals surface area (Å²) in [5, 5.41) is 18.6. The first kappa shape index (κ1) is 16.1. The lowest BCUT2D eigenvalue weighted by Crippen LogP contribution is -2.39. The van der Waals surface area contributed by atoms with Crippen LogP contribution in [0.3, 0.4) is 0 Å². The average molecular weight is 287 g/mol. The Kier molecular flexibility index (Phi) is 5.91. The number of hydrogen-bond acceptors (Lipinski definition) is 5. The Labute approximate surface area is 115 Å². The van der Waals surface area contributed by atoms with Gasteiger partial charge in [0.05, 0.1) is 0 Å². The van der Waals surface area contributed by atoms with Crippen LogP contribution in [-0.4, -0.2) is 28.3 Å². The molecule has 0 radical (unpaired) electrons. The maximum atomic E-state index is 11.9. The molecule has 1 rings (SSSR count). The molecule has 0 spiro atoms. The number of aliphatic hydroxyl groups is 1. The Hall–Kier alpha value is -0.970. The zero-order valence-electron chi connectivity index (χ0n) is 11.6. The molecule has 19 heavy (non-hydrogen) atoms. The normalized spacial score (nSPS) is 14.2. The van der Waals surface area contributed by atoms with Gasteiger partial charge in [-0.3, -0.25) is 9.88 Å². The van der Waals surface area contributed by atoms with Crippen molar-refractivity contribution in [2.75, 3.05) is 6.54 Å². The Balaban J connectivity index is 2.54. The van der Waals surface area contributed by atoms with E-state index in [9.17, 15) is 4.79 Å². The van der Waals surface area contributed by atoms with Gasteiger partial charge >= 0.3 is 0 Å². The minimum Gasteiger partial charge on any atom is -0.388 e. The van der Waals surface area contributed by atoms with Gasteiger partial charge in [-0.1, -0.05) is 21.5 Å². The number of hydrogen-bond donors (Lipinski definition) is 3. The summed E-state index contributed by atoms with van der Waals surface area (Å²) in [6.07, 6.45) is 1.77. The maximum absolute atomic E-state index is 11.9. The lowest BCUT2D eigenvalue weighted by atomic mass is 9.96. The van der Waals surface area contributed by atoms with Crippen LogP contribution in [0.4, 0.5) is 0 Å². The molecule has 6 nitrogen and oxygen atoms in total. The summed E-state index contributed by atoms with van der Waals surface area (Å²) in [6, 6.07) is 0. The highest BCUT2D eigenvalue weighted by Gasteiger charge is 2.21. The van der Waals surface area contributed by atoms with Crippen LogP contribution in [0.1, 0.15) is 48.5 Å². The van der Waals surface area contributed by atoms with Crippen LogP contribution < -0.4 is 10.4 Å². The van der Waals surface area contributed by atoms with E-state index < -0.39 is 0 Å². The van der Waals surface area contributed by atoms with E-state index >= 15 is 0 Å². The quantitative estimate of drug-likeness (QED) is 0.655. The molecule has 0 aliphatic heterocycles. The molecular formula is C12H22N3O3P. The highest BCUT2D eigenvalue weighted by atomic mass is 31.0. The van der Waals surface area contributed by atoms with E-state index in [-0.39, 0.29) is 23.7 Å². The van der Waals surface area contributed by atoms with E-state index in [4.69, 9.17) is 9.63 Å². The zero-order valence-corrected chi connectivity index (χ0v) is 12.8. The number of amides is 1. The Morgan fingerprint density at radius 1 is 1.58 bits per heavy atom. The number of carbonyl (C=O) groups excluding carboxylic acids is 1. The molecule has 0 fully saturated rings. The fourth-order valence-corrected chi connectivity index (χ4v) is 1.96. The number of rotatable bonds is 7. The first-order valence-corrected chi connectivity index (χ1v) is 6.87. The van der Waals surface area contributed by atoms with Gasteiger partial charge in [0.2, 0.25) is 0 Å². The van der Waals surface area contributed by atoms with Crippen LogP contribution in [0.15, 0.2) is 4.52 Å². The summed E-state index contributed by atoms with van der Waals surface area (Å²) in [7, 11) is 2.51. The predicted molar refractivity (Wildman–Crippen MR) is 75.7 cm³/mol. The third kappa shape index (κ3) is 4.00. The van der Waals surface area contributed by atoms with Crippen molar-refractivity contribution in [2.45, 2.75) is 45.8 Å². The molecule has 2 unspecified atom stereocenters. The minimum absolute atomic E-state index is 0.0208. The SMILES string of the molecule is CCC(C)(CCNC(=O)c1noc(CO)c1C)NP. The first-order valence-electron chi connectivity index (χ1n) is 6.29. The first-order chi connectivity index (χ1) is 8.97. The Morgan fingerprint density at radius 3 is 2.74 bits per heavy atom. The molecule has 0 aromatic carbocycles.